The fourth-order valence-corrected chi connectivity index (χ4v) is 3.26. The van der Waals surface area contributed by atoms with Gasteiger partial charge in [0.15, 0.2) is 0 Å². The van der Waals surface area contributed by atoms with Crippen molar-refractivity contribution in [3.05, 3.63) is 90.0 Å². The first kappa shape index (κ1) is 20.1. The average Bonchev–Trinajstić information content (AvgIpc) is 2.80. The zero-order valence-electron chi connectivity index (χ0n) is 17.3. The molecular formula is C25H22N4O2. The van der Waals surface area contributed by atoms with Crippen molar-refractivity contribution in [3.8, 4) is 11.3 Å². The van der Waals surface area contributed by atoms with Gasteiger partial charge in [0.25, 0.3) is 5.91 Å². The topological polar surface area (TPSA) is 83.1 Å². The van der Waals surface area contributed by atoms with Gasteiger partial charge in [-0.25, -0.2) is 9.78 Å². The number of aryl methyl sites for hydroxylation is 1. The first-order valence-corrected chi connectivity index (χ1v) is 9.90. The van der Waals surface area contributed by atoms with Gasteiger partial charge < -0.3 is 16.0 Å². The second kappa shape index (κ2) is 8.67. The smallest absolute Gasteiger partial charge is 0.318 e. The van der Waals surface area contributed by atoms with E-state index >= 15 is 0 Å². The molecule has 3 N–H and O–H groups in total. The molecule has 6 nitrogen and oxygen atoms in total. The van der Waals surface area contributed by atoms with E-state index in [2.05, 4.69) is 16.0 Å². The molecule has 1 heterocycles. The van der Waals surface area contributed by atoms with Crippen molar-refractivity contribution < 1.29 is 9.59 Å². The van der Waals surface area contributed by atoms with Crippen LogP contribution in [-0.2, 0) is 0 Å². The van der Waals surface area contributed by atoms with Crippen molar-refractivity contribution >= 4 is 34.2 Å². The molecule has 0 aliphatic carbocycles. The van der Waals surface area contributed by atoms with E-state index in [1.807, 2.05) is 61.5 Å². The number of urea groups is 1. The van der Waals surface area contributed by atoms with Crippen LogP contribution in [0.25, 0.3) is 22.2 Å². The van der Waals surface area contributed by atoms with Crippen molar-refractivity contribution in [3.63, 3.8) is 0 Å². The molecule has 0 spiro atoms. The third-order valence-corrected chi connectivity index (χ3v) is 4.94. The predicted molar refractivity (Wildman–Crippen MR) is 124 cm³/mol. The highest BCUT2D eigenvalue weighted by molar-refractivity contribution is 6.13. The van der Waals surface area contributed by atoms with Gasteiger partial charge in [0.05, 0.1) is 16.8 Å². The number of hydrogen-bond acceptors (Lipinski definition) is 3. The zero-order chi connectivity index (χ0) is 21.8. The third-order valence-electron chi connectivity index (χ3n) is 4.94. The Morgan fingerprint density at radius 3 is 2.13 bits per heavy atom. The van der Waals surface area contributed by atoms with Crippen LogP contribution < -0.4 is 16.0 Å². The van der Waals surface area contributed by atoms with E-state index in [4.69, 9.17) is 4.98 Å². The average molecular weight is 410 g/mol. The summed E-state index contributed by atoms with van der Waals surface area (Å²) in [6.45, 7) is 2.03. The van der Waals surface area contributed by atoms with Crippen LogP contribution in [0.5, 0.6) is 0 Å². The van der Waals surface area contributed by atoms with Crippen LogP contribution in [-0.4, -0.2) is 24.0 Å². The molecule has 0 saturated carbocycles. The zero-order valence-corrected chi connectivity index (χ0v) is 17.3. The van der Waals surface area contributed by atoms with Gasteiger partial charge in [0.2, 0.25) is 0 Å². The number of fused-ring (bicyclic) bond motifs is 1. The van der Waals surface area contributed by atoms with Crippen LogP contribution >= 0.6 is 0 Å². The number of nitrogens with one attached hydrogen (secondary N) is 3. The number of nitrogens with zero attached hydrogens (tertiary/aromatic N) is 1. The van der Waals surface area contributed by atoms with Gasteiger partial charge in [-0.15, -0.1) is 0 Å². The van der Waals surface area contributed by atoms with Gasteiger partial charge in [-0.3, -0.25) is 4.79 Å². The fraction of sp³-hybridized carbons (Fsp3) is 0.0800. The minimum Gasteiger partial charge on any atom is -0.341 e. The summed E-state index contributed by atoms with van der Waals surface area (Å²) in [6, 6.07) is 24.1. The van der Waals surface area contributed by atoms with Crippen LogP contribution in [0.4, 0.5) is 16.2 Å². The number of amides is 3. The monoisotopic (exact) mass is 410 g/mol. The first-order chi connectivity index (χ1) is 15.0. The lowest BCUT2D eigenvalue weighted by Crippen LogP contribution is -2.24. The highest BCUT2D eigenvalue weighted by atomic mass is 16.2. The summed E-state index contributed by atoms with van der Waals surface area (Å²) < 4.78 is 0. The molecule has 0 radical (unpaired) electrons. The molecule has 0 bridgehead atoms. The van der Waals surface area contributed by atoms with Gasteiger partial charge in [-0.2, -0.15) is 0 Å². The highest BCUT2D eigenvalue weighted by Crippen LogP contribution is 2.26. The van der Waals surface area contributed by atoms with Gasteiger partial charge in [0, 0.05) is 29.4 Å². The standard InChI is InChI=1S/C25H22N4O2/c1-16-7-9-17(10-8-16)23-15-21(20-5-3-4-6-22(20)29-23)24(30)27-18-11-13-19(14-12-18)28-25(31)26-2/h3-15H,1-2H3,(H,27,30)(H2,26,28,31). The van der Waals surface area contributed by atoms with Gasteiger partial charge in [0.1, 0.15) is 0 Å². The highest BCUT2D eigenvalue weighted by Gasteiger charge is 2.14. The van der Waals surface area contributed by atoms with E-state index in [-0.39, 0.29) is 11.9 Å². The molecule has 31 heavy (non-hydrogen) atoms. The Kier molecular flexibility index (Phi) is 5.62. The Balaban J connectivity index is 1.65. The summed E-state index contributed by atoms with van der Waals surface area (Å²) in [4.78, 5) is 29.3. The van der Waals surface area contributed by atoms with Crippen LogP contribution in [0.15, 0.2) is 78.9 Å². The van der Waals surface area contributed by atoms with Gasteiger partial charge in [-0.05, 0) is 43.3 Å². The summed E-state index contributed by atoms with van der Waals surface area (Å²) in [5.74, 6) is -0.223. The van der Waals surface area contributed by atoms with Crippen molar-refractivity contribution in [2.45, 2.75) is 6.92 Å². The molecule has 0 unspecified atom stereocenters. The number of hydrogen-bond donors (Lipinski definition) is 3. The molecule has 3 aromatic carbocycles. The Hall–Kier alpha value is -4.19. The van der Waals surface area contributed by atoms with Crippen molar-refractivity contribution in [1.82, 2.24) is 10.3 Å². The number of benzene rings is 3. The first-order valence-electron chi connectivity index (χ1n) is 9.90. The second-order valence-electron chi connectivity index (χ2n) is 7.17. The van der Waals surface area contributed by atoms with Crippen LogP contribution in [0, 0.1) is 6.92 Å². The normalized spacial score (nSPS) is 10.5. The lowest BCUT2D eigenvalue weighted by molar-refractivity contribution is 0.102. The number of anilines is 2. The number of carbonyl (C=O) groups is 2. The minimum absolute atomic E-state index is 0.223. The Morgan fingerprint density at radius 2 is 1.45 bits per heavy atom. The molecule has 154 valence electrons. The lowest BCUT2D eigenvalue weighted by Gasteiger charge is -2.11. The number of pyridine rings is 1. The molecule has 0 fully saturated rings. The van der Waals surface area contributed by atoms with Gasteiger partial charge >= 0.3 is 6.03 Å². The molecule has 0 aliphatic rings. The van der Waals surface area contributed by atoms with Crippen molar-refractivity contribution in [2.75, 3.05) is 17.7 Å². The molecule has 1 aromatic heterocycles. The minimum atomic E-state index is -0.302. The lowest BCUT2D eigenvalue weighted by atomic mass is 10.0. The SMILES string of the molecule is CNC(=O)Nc1ccc(NC(=O)c2cc(-c3ccc(C)cc3)nc3ccccc23)cc1. The van der Waals surface area contributed by atoms with E-state index in [0.29, 0.717) is 16.9 Å². The Morgan fingerprint density at radius 1 is 0.806 bits per heavy atom. The quantitative estimate of drug-likeness (QED) is 0.432. The molecule has 0 aliphatic heterocycles. The van der Waals surface area contributed by atoms with Crippen LogP contribution in [0.1, 0.15) is 15.9 Å². The molecular weight excluding hydrogens is 388 g/mol. The van der Waals surface area contributed by atoms with Crippen LogP contribution in [0.2, 0.25) is 0 Å². The van der Waals surface area contributed by atoms with E-state index in [9.17, 15) is 9.59 Å². The second-order valence-corrected chi connectivity index (χ2v) is 7.17. The maximum Gasteiger partial charge on any atom is 0.318 e. The number of rotatable bonds is 4. The molecule has 0 saturated heterocycles. The maximum absolute atomic E-state index is 13.2. The molecule has 4 rings (SSSR count). The van der Waals surface area contributed by atoms with Crippen molar-refractivity contribution in [1.29, 1.82) is 0 Å². The number of carbonyl (C=O) groups excluding carboxylic acids is 2. The molecule has 4 aromatic rings. The summed E-state index contributed by atoms with van der Waals surface area (Å²) >= 11 is 0. The maximum atomic E-state index is 13.2. The summed E-state index contributed by atoms with van der Waals surface area (Å²) in [6.07, 6.45) is 0. The summed E-state index contributed by atoms with van der Waals surface area (Å²) in [5, 5.41) is 8.90. The van der Waals surface area contributed by atoms with E-state index in [1.54, 1.807) is 31.3 Å². The number of para-hydroxylation sites is 1. The van der Waals surface area contributed by atoms with Gasteiger partial charge in [-0.1, -0.05) is 48.0 Å². The largest absolute Gasteiger partial charge is 0.341 e. The van der Waals surface area contributed by atoms with Crippen LogP contribution in [0.3, 0.4) is 0 Å². The molecule has 3 amide bonds. The number of aromatic nitrogens is 1. The molecule has 0 atom stereocenters. The predicted octanol–water partition coefficient (Wildman–Crippen LogP) is 5.21. The Labute approximate surface area is 180 Å². The van der Waals surface area contributed by atoms with Crippen molar-refractivity contribution in [2.24, 2.45) is 0 Å². The fourth-order valence-electron chi connectivity index (χ4n) is 3.26. The summed E-state index contributed by atoms with van der Waals surface area (Å²) in [7, 11) is 1.55. The van der Waals surface area contributed by atoms with E-state index in [1.165, 1.54) is 0 Å². The van der Waals surface area contributed by atoms with E-state index in [0.717, 1.165) is 27.7 Å². The third kappa shape index (κ3) is 4.53. The Bertz CT molecular complexity index is 1250. The van der Waals surface area contributed by atoms with E-state index < -0.39 is 0 Å². The molecule has 6 heteroatoms. The summed E-state index contributed by atoms with van der Waals surface area (Å²) in [5.41, 5.74) is 5.43.